The number of benzene rings is 15. The zero-order valence-corrected chi connectivity index (χ0v) is 40.5. The molecule has 2 aliphatic rings. The van der Waals surface area contributed by atoms with Gasteiger partial charge in [-0.2, -0.15) is 0 Å². The summed E-state index contributed by atoms with van der Waals surface area (Å²) >= 11 is 0. The Morgan fingerprint density at radius 1 is 0.227 bits per heavy atom. The van der Waals surface area contributed by atoms with Crippen molar-refractivity contribution in [3.8, 4) is 22.5 Å². The second-order valence-electron chi connectivity index (χ2n) is 21.3. The SMILES string of the molecule is c1ccc(-c2ccc3c(c2)c2c4c5ccccc5c5ccccc5c4cc4c2n3-c2cccc3c2B4c2cc4c5ccccc5c5ccccc5c4c4c5c6c7ccccc7c7ccccc7c6ccc5n-3c24)cc1. The lowest BCUT2D eigenvalue weighted by Gasteiger charge is -2.34. The number of aromatic nitrogens is 2. The molecule has 0 bridgehead atoms. The van der Waals surface area contributed by atoms with Gasteiger partial charge in [0, 0.05) is 49.1 Å². The third-order valence-corrected chi connectivity index (χ3v) is 18.0. The van der Waals surface area contributed by atoms with Crippen LogP contribution in [0.1, 0.15) is 0 Å². The van der Waals surface area contributed by atoms with Crippen LogP contribution < -0.4 is 16.4 Å². The van der Waals surface area contributed by atoms with E-state index in [1.165, 1.54) is 179 Å². The summed E-state index contributed by atoms with van der Waals surface area (Å²) in [5, 5.41) is 28.7. The molecule has 2 aliphatic heterocycles. The fraction of sp³-hybridized carbons (Fsp3) is 0. The highest BCUT2D eigenvalue weighted by Gasteiger charge is 2.42. The predicted octanol–water partition coefficient (Wildman–Crippen LogP) is 17.1. The van der Waals surface area contributed by atoms with Crippen LogP contribution in [0, 0.1) is 0 Å². The summed E-state index contributed by atoms with van der Waals surface area (Å²) in [5.41, 5.74) is 14.1. The summed E-state index contributed by atoms with van der Waals surface area (Å²) in [4.78, 5) is 0. The van der Waals surface area contributed by atoms with E-state index in [0.29, 0.717) is 0 Å². The van der Waals surface area contributed by atoms with Gasteiger partial charge >= 0.3 is 0 Å². The van der Waals surface area contributed by atoms with Gasteiger partial charge in [-0.1, -0.05) is 206 Å². The van der Waals surface area contributed by atoms with Gasteiger partial charge in [-0.25, -0.2) is 0 Å². The van der Waals surface area contributed by atoms with Crippen molar-refractivity contribution < 1.29 is 0 Å². The van der Waals surface area contributed by atoms with Gasteiger partial charge in [0.25, 0.3) is 6.71 Å². The lowest BCUT2D eigenvalue weighted by molar-refractivity contribution is 1.14. The second-order valence-corrected chi connectivity index (χ2v) is 21.3. The van der Waals surface area contributed by atoms with E-state index < -0.39 is 0 Å². The summed E-state index contributed by atoms with van der Waals surface area (Å²) in [6.45, 7) is -0.0727. The molecular formula is C72H39BN2. The molecule has 4 heterocycles. The van der Waals surface area contributed by atoms with E-state index in [0.717, 1.165) is 0 Å². The maximum absolute atomic E-state index is 2.69. The fourth-order valence-corrected chi connectivity index (χ4v) is 15.2. The first-order chi connectivity index (χ1) is 37.3. The molecule has 19 rings (SSSR count). The van der Waals surface area contributed by atoms with E-state index in [-0.39, 0.29) is 6.71 Å². The number of hydrogen-bond acceptors (Lipinski definition) is 0. The molecule has 17 aromatic rings. The predicted molar refractivity (Wildman–Crippen MR) is 323 cm³/mol. The van der Waals surface area contributed by atoms with Crippen LogP contribution in [0.25, 0.3) is 163 Å². The second kappa shape index (κ2) is 13.7. The van der Waals surface area contributed by atoms with E-state index in [9.17, 15) is 0 Å². The summed E-state index contributed by atoms with van der Waals surface area (Å²) in [5.74, 6) is 0. The monoisotopic (exact) mass is 942 g/mol. The van der Waals surface area contributed by atoms with Gasteiger partial charge in [0.2, 0.25) is 0 Å². The smallest absolute Gasteiger partial charge is 0.252 e. The lowest BCUT2D eigenvalue weighted by atomic mass is 9.34. The van der Waals surface area contributed by atoms with Crippen LogP contribution in [0.2, 0.25) is 0 Å². The van der Waals surface area contributed by atoms with E-state index in [4.69, 9.17) is 0 Å². The molecule has 2 nitrogen and oxygen atoms in total. The van der Waals surface area contributed by atoms with E-state index >= 15 is 0 Å². The Labute approximate surface area is 429 Å². The van der Waals surface area contributed by atoms with Gasteiger partial charge in [-0.15, -0.1) is 0 Å². The Morgan fingerprint density at radius 3 is 1.13 bits per heavy atom. The minimum Gasteiger partial charge on any atom is -0.310 e. The average molecular weight is 943 g/mol. The molecule has 0 amide bonds. The van der Waals surface area contributed by atoms with Crippen molar-refractivity contribution in [1.29, 1.82) is 0 Å². The van der Waals surface area contributed by atoms with Gasteiger partial charge in [0.15, 0.2) is 0 Å². The van der Waals surface area contributed by atoms with E-state index in [1.807, 2.05) is 0 Å². The first-order valence-corrected chi connectivity index (χ1v) is 26.4. The van der Waals surface area contributed by atoms with Crippen LogP contribution in [-0.2, 0) is 0 Å². The zero-order chi connectivity index (χ0) is 48.4. The van der Waals surface area contributed by atoms with Crippen molar-refractivity contribution in [2.75, 3.05) is 0 Å². The Balaban J connectivity index is 1.09. The highest BCUT2D eigenvalue weighted by Crippen LogP contribution is 2.51. The Kier molecular flexibility index (Phi) is 7.09. The molecule has 0 aliphatic carbocycles. The zero-order valence-electron chi connectivity index (χ0n) is 40.5. The number of rotatable bonds is 1. The van der Waals surface area contributed by atoms with Crippen molar-refractivity contribution in [3.63, 3.8) is 0 Å². The first kappa shape index (κ1) is 38.9. The fourth-order valence-electron chi connectivity index (χ4n) is 15.2. The van der Waals surface area contributed by atoms with E-state index in [1.54, 1.807) is 0 Å². The first-order valence-electron chi connectivity index (χ1n) is 26.4. The third-order valence-electron chi connectivity index (χ3n) is 18.0. The van der Waals surface area contributed by atoms with Crippen molar-refractivity contribution >= 4 is 164 Å². The number of nitrogens with zero attached hydrogens (tertiary/aromatic N) is 2. The Hall–Kier alpha value is -9.70. The van der Waals surface area contributed by atoms with Gasteiger partial charge in [-0.3, -0.25) is 0 Å². The third kappa shape index (κ3) is 4.63. The van der Waals surface area contributed by atoms with Crippen molar-refractivity contribution in [2.45, 2.75) is 0 Å². The molecule has 75 heavy (non-hydrogen) atoms. The molecule has 0 saturated heterocycles. The molecule has 3 heteroatoms. The van der Waals surface area contributed by atoms with Crippen molar-refractivity contribution in [2.24, 2.45) is 0 Å². The highest BCUT2D eigenvalue weighted by atomic mass is 15.0. The summed E-state index contributed by atoms with van der Waals surface area (Å²) < 4.78 is 5.34. The van der Waals surface area contributed by atoms with Gasteiger partial charge < -0.3 is 9.13 Å². The van der Waals surface area contributed by atoms with Crippen molar-refractivity contribution in [1.82, 2.24) is 9.13 Å². The van der Waals surface area contributed by atoms with Crippen LogP contribution >= 0.6 is 0 Å². The summed E-state index contributed by atoms with van der Waals surface area (Å²) in [7, 11) is 0. The minimum absolute atomic E-state index is 0.0727. The molecule has 0 spiro atoms. The van der Waals surface area contributed by atoms with Crippen LogP contribution in [0.15, 0.2) is 237 Å². The maximum Gasteiger partial charge on any atom is 0.252 e. The highest BCUT2D eigenvalue weighted by molar-refractivity contribution is 7.01. The Morgan fingerprint density at radius 2 is 0.613 bits per heavy atom. The Bertz CT molecular complexity index is 5510. The quantitative estimate of drug-likeness (QED) is 0.115. The van der Waals surface area contributed by atoms with E-state index in [2.05, 4.69) is 246 Å². The van der Waals surface area contributed by atoms with Gasteiger partial charge in [-0.05, 0) is 139 Å². The molecular weight excluding hydrogens is 904 g/mol. The van der Waals surface area contributed by atoms with Crippen LogP contribution in [-0.4, -0.2) is 15.8 Å². The molecule has 340 valence electrons. The van der Waals surface area contributed by atoms with Gasteiger partial charge in [0.05, 0.1) is 22.1 Å². The molecule has 2 aromatic heterocycles. The molecule has 0 unspecified atom stereocenters. The molecule has 0 radical (unpaired) electrons. The summed E-state index contributed by atoms with van der Waals surface area (Å²) in [6, 6.07) is 90.3. The van der Waals surface area contributed by atoms with Gasteiger partial charge in [0.1, 0.15) is 0 Å². The average Bonchev–Trinajstić information content (AvgIpc) is 4.05. The van der Waals surface area contributed by atoms with Crippen molar-refractivity contribution in [3.05, 3.63) is 237 Å². The van der Waals surface area contributed by atoms with Crippen LogP contribution in [0.4, 0.5) is 0 Å². The molecule has 15 aromatic carbocycles. The number of fused-ring (bicyclic) bond motifs is 31. The summed E-state index contributed by atoms with van der Waals surface area (Å²) in [6.07, 6.45) is 0. The molecule has 0 fully saturated rings. The topological polar surface area (TPSA) is 9.86 Å². The van der Waals surface area contributed by atoms with Crippen LogP contribution in [0.3, 0.4) is 0 Å². The normalized spacial score (nSPS) is 13.0. The maximum atomic E-state index is 2.69. The lowest BCUT2D eigenvalue weighted by Crippen LogP contribution is -2.59. The standard InChI is InChI=1S/C72H39BN2/c1-2-17-40(18-3-1)41-33-35-60-57(37-41)67-65-52-29-14-11-23-46(52)43-20-5-8-26-49(43)55(65)38-58-71(67)74(60)62-31-16-32-63-70(62)73(58)59-39-56-50-27-9-6-21-44(50)47-24-12-15-30-53(47)66(56)69-68-61(75(63)72(59)69)36-34-54-48-25-7-4-19-42(48)45-22-10-13-28-51(45)64(54)68/h1-39H. The molecule has 0 N–H and O–H groups in total. The largest absolute Gasteiger partial charge is 0.310 e. The molecule has 0 saturated carbocycles. The minimum atomic E-state index is -0.0727. The van der Waals surface area contributed by atoms with Crippen LogP contribution in [0.5, 0.6) is 0 Å². The number of hydrogen-bond donors (Lipinski definition) is 0. The molecule has 0 atom stereocenters.